The van der Waals surface area contributed by atoms with Crippen LogP contribution in [-0.4, -0.2) is 46.3 Å². The number of anilines is 1. The van der Waals surface area contributed by atoms with Crippen LogP contribution in [0, 0.1) is 11.8 Å². The van der Waals surface area contributed by atoms with Crippen LogP contribution < -0.4 is 14.4 Å². The van der Waals surface area contributed by atoms with E-state index in [2.05, 4.69) is 42.2 Å². The lowest BCUT2D eigenvalue weighted by Crippen LogP contribution is -2.44. The van der Waals surface area contributed by atoms with Crippen molar-refractivity contribution >= 4 is 34.2 Å². The molecular formula is C35H48ClFN2O4S. The summed E-state index contributed by atoms with van der Waals surface area (Å²) in [5.74, 6) is 0.687. The van der Waals surface area contributed by atoms with Gasteiger partial charge in [0.25, 0.3) is 5.91 Å². The number of aryl methyl sites for hydroxylation is 1. The number of amides is 1. The van der Waals surface area contributed by atoms with Crippen molar-refractivity contribution < 1.29 is 23.2 Å². The number of carbonyl (C=O) groups is 1. The number of hydrogen-bond acceptors (Lipinski definition) is 5. The van der Waals surface area contributed by atoms with Crippen molar-refractivity contribution in [2.45, 2.75) is 84.0 Å². The summed E-state index contributed by atoms with van der Waals surface area (Å²) in [7, 11) is -1.46. The van der Waals surface area contributed by atoms with E-state index in [4.69, 9.17) is 16.3 Å². The number of aliphatic hydroxyl groups excluding tert-OH is 1. The van der Waals surface area contributed by atoms with E-state index in [1.54, 1.807) is 6.07 Å². The van der Waals surface area contributed by atoms with Crippen LogP contribution >= 0.6 is 11.6 Å². The largest absolute Gasteiger partial charge is 0.491 e. The highest BCUT2D eigenvalue weighted by Crippen LogP contribution is 2.42. The fourth-order valence-electron chi connectivity index (χ4n) is 5.70. The zero-order valence-corrected chi connectivity index (χ0v) is 28.2. The van der Waals surface area contributed by atoms with E-state index in [0.717, 1.165) is 61.7 Å². The molecule has 0 saturated heterocycles. The zero-order valence-electron chi connectivity index (χ0n) is 26.7. The molecule has 1 aliphatic heterocycles. The molecule has 1 aliphatic carbocycles. The number of aliphatic hydroxyl groups is 1. The summed E-state index contributed by atoms with van der Waals surface area (Å²) < 4.78 is 32.1. The quantitative estimate of drug-likeness (QED) is 0.243. The Bertz CT molecular complexity index is 1330. The van der Waals surface area contributed by atoms with Gasteiger partial charge in [-0.3, -0.25) is 9.52 Å². The van der Waals surface area contributed by atoms with E-state index in [-0.39, 0.29) is 28.8 Å². The molecule has 0 spiro atoms. The maximum absolute atomic E-state index is 13.0. The number of halogens is 2. The van der Waals surface area contributed by atoms with E-state index < -0.39 is 17.1 Å². The van der Waals surface area contributed by atoms with Crippen molar-refractivity contribution in [3.05, 3.63) is 82.7 Å². The number of nitrogens with one attached hydrogen (secondary N) is 1. The first-order chi connectivity index (χ1) is 20.9. The second-order valence-corrected chi connectivity index (χ2v) is 14.1. The number of fused-ring (bicyclic) bond motifs is 1. The molecule has 5 unspecified atom stereocenters. The number of nitrogens with zero attached hydrogens (tertiary/aromatic N) is 1. The van der Waals surface area contributed by atoms with Gasteiger partial charge in [-0.15, -0.1) is 0 Å². The Morgan fingerprint density at radius 2 is 1.98 bits per heavy atom. The molecule has 2 N–H and O–H groups in total. The highest BCUT2D eigenvalue weighted by Gasteiger charge is 2.38. The smallest absolute Gasteiger partial charge is 0.263 e. The third-order valence-corrected chi connectivity index (χ3v) is 9.55. The van der Waals surface area contributed by atoms with Gasteiger partial charge in [-0.1, -0.05) is 56.7 Å². The predicted octanol–water partition coefficient (Wildman–Crippen LogP) is 7.92. The summed E-state index contributed by atoms with van der Waals surface area (Å²) in [6.07, 6.45) is 8.43. The van der Waals surface area contributed by atoms with Crippen LogP contribution in [0.3, 0.4) is 0 Å². The minimum absolute atomic E-state index is 0.111. The Morgan fingerprint density at radius 1 is 1.25 bits per heavy atom. The molecule has 4 rings (SSSR count). The summed E-state index contributed by atoms with van der Waals surface area (Å²) in [4.78, 5) is 15.3. The van der Waals surface area contributed by atoms with E-state index in [9.17, 15) is 18.5 Å². The zero-order chi connectivity index (χ0) is 32.4. The summed E-state index contributed by atoms with van der Waals surface area (Å²) in [6.45, 7) is 14.1. The fourth-order valence-corrected chi connectivity index (χ4v) is 6.43. The highest BCUT2D eigenvalue weighted by molar-refractivity contribution is 7.84. The highest BCUT2D eigenvalue weighted by atomic mass is 35.5. The molecule has 1 amide bonds. The minimum Gasteiger partial charge on any atom is -0.491 e. The number of hydrogen-bond donors (Lipinski definition) is 2. The summed E-state index contributed by atoms with van der Waals surface area (Å²) in [6, 6.07) is 11.6. The van der Waals surface area contributed by atoms with Crippen LogP contribution in [0.1, 0.15) is 87.7 Å². The second-order valence-electron chi connectivity index (χ2n) is 12.0. The minimum atomic E-state index is -1.46. The fraction of sp³-hybridized carbons (Fsp3) is 0.514. The van der Waals surface area contributed by atoms with Crippen LogP contribution in [0.25, 0.3) is 0 Å². The number of rotatable bonds is 11. The van der Waals surface area contributed by atoms with Gasteiger partial charge in [0.2, 0.25) is 0 Å². The molecule has 5 atom stereocenters. The lowest BCUT2D eigenvalue weighted by atomic mass is 9.70. The van der Waals surface area contributed by atoms with Crippen molar-refractivity contribution in [1.29, 1.82) is 0 Å². The number of benzene rings is 2. The van der Waals surface area contributed by atoms with E-state index >= 15 is 0 Å². The molecule has 9 heteroatoms. The van der Waals surface area contributed by atoms with Gasteiger partial charge in [-0.2, -0.15) is 0 Å². The average Bonchev–Trinajstić information content (AvgIpc) is 3.13. The van der Waals surface area contributed by atoms with Crippen LogP contribution in [-0.2, 0) is 17.4 Å². The van der Waals surface area contributed by atoms with Crippen molar-refractivity contribution in [2.75, 3.05) is 24.6 Å². The van der Waals surface area contributed by atoms with Gasteiger partial charge >= 0.3 is 0 Å². The topological polar surface area (TPSA) is 78.9 Å². The van der Waals surface area contributed by atoms with E-state index in [1.165, 1.54) is 18.1 Å². The maximum Gasteiger partial charge on any atom is 0.263 e. The van der Waals surface area contributed by atoms with Crippen LogP contribution in [0.15, 0.2) is 61.0 Å². The molecular weight excluding hydrogens is 599 g/mol. The standard InChI is InChI=1S/C32H43ClN2O4S.C3H5F/c1-5-7-9-30(36)28-13-10-24(28)18-35-19-25(27-14-12-26(33)16-22(27)8-6-2)20-39-31-15-11-23(17-29(31)35)32(37)34-40(38)21(3)4;1-3(2)4/h7,9,11-12,14-17,21,24-25,28,30,36H,5-6,8,10,13,18-20H2,1-4H3,(H,34,37);1H2,2H3/b9-7+;. The summed E-state index contributed by atoms with van der Waals surface area (Å²) in [5.41, 5.74) is 3.80. The van der Waals surface area contributed by atoms with Gasteiger partial charge in [-0.05, 0) is 99.7 Å². The molecule has 6 nitrogen and oxygen atoms in total. The first-order valence-electron chi connectivity index (χ1n) is 15.6. The SMILES string of the molecule is C=C(C)F.CC/C=C/C(O)C1CCC1CN1CC(c2ccc(Cl)cc2CCC)COc2ccc(C(=O)NS(=O)C(C)C)cc21. The predicted molar refractivity (Wildman–Crippen MR) is 181 cm³/mol. The van der Waals surface area contributed by atoms with Crippen molar-refractivity contribution in [2.24, 2.45) is 11.8 Å². The Labute approximate surface area is 270 Å². The van der Waals surface area contributed by atoms with Gasteiger partial charge in [0.05, 0.1) is 24.2 Å². The maximum atomic E-state index is 13.0. The van der Waals surface area contributed by atoms with Gasteiger partial charge in [0, 0.05) is 34.8 Å². The Hall–Kier alpha value is -2.68. The van der Waals surface area contributed by atoms with E-state index in [0.29, 0.717) is 18.1 Å². The molecule has 2 aromatic carbocycles. The monoisotopic (exact) mass is 646 g/mol. The third kappa shape index (κ3) is 9.91. The van der Waals surface area contributed by atoms with Gasteiger partial charge < -0.3 is 14.7 Å². The van der Waals surface area contributed by atoms with Crippen molar-refractivity contribution in [1.82, 2.24) is 4.72 Å². The molecule has 2 aliphatic rings. The molecule has 1 saturated carbocycles. The van der Waals surface area contributed by atoms with Gasteiger partial charge in [0.15, 0.2) is 0 Å². The Balaban J connectivity index is 0.00000124. The molecule has 242 valence electrons. The van der Waals surface area contributed by atoms with Crippen LogP contribution in [0.2, 0.25) is 5.02 Å². The summed E-state index contributed by atoms with van der Waals surface area (Å²) >= 11 is 6.37. The lowest BCUT2D eigenvalue weighted by Gasteiger charge is -2.42. The number of ether oxygens (including phenoxy) is 1. The third-order valence-electron chi connectivity index (χ3n) is 8.07. The lowest BCUT2D eigenvalue weighted by molar-refractivity contribution is 0.0461. The molecule has 0 aromatic heterocycles. The first-order valence-corrected chi connectivity index (χ1v) is 17.2. The summed E-state index contributed by atoms with van der Waals surface area (Å²) in [5, 5.41) is 11.4. The Kier molecular flexibility index (Phi) is 13.9. The number of allylic oxidation sites excluding steroid dienone is 2. The molecule has 1 fully saturated rings. The second kappa shape index (κ2) is 17.1. The Morgan fingerprint density at radius 3 is 2.59 bits per heavy atom. The molecule has 44 heavy (non-hydrogen) atoms. The van der Waals surface area contributed by atoms with E-state index in [1.807, 2.05) is 44.2 Å². The normalized spacial score (nSPS) is 20.8. The van der Waals surface area contributed by atoms with Crippen LogP contribution in [0.4, 0.5) is 10.1 Å². The van der Waals surface area contributed by atoms with Gasteiger partial charge in [0.1, 0.15) is 16.7 Å². The molecule has 0 bridgehead atoms. The van der Waals surface area contributed by atoms with Crippen LogP contribution in [0.5, 0.6) is 5.75 Å². The molecule has 1 heterocycles. The average molecular weight is 647 g/mol. The van der Waals surface area contributed by atoms with Crippen molar-refractivity contribution in [3.8, 4) is 5.75 Å². The molecule has 0 radical (unpaired) electrons. The first kappa shape index (κ1) is 35.8. The molecule has 2 aromatic rings. The van der Waals surface area contributed by atoms with Crippen molar-refractivity contribution in [3.63, 3.8) is 0 Å². The van der Waals surface area contributed by atoms with Gasteiger partial charge in [-0.25, -0.2) is 8.60 Å². The number of carbonyl (C=O) groups excluding carboxylic acids is 1.